The molecule has 0 aromatic heterocycles. The summed E-state index contributed by atoms with van der Waals surface area (Å²) in [6, 6.07) is 0. The van der Waals surface area contributed by atoms with Crippen LogP contribution in [0.5, 0.6) is 0 Å². The Morgan fingerprint density at radius 2 is 2.00 bits per heavy atom. The highest BCUT2D eigenvalue weighted by atomic mass is 16.2. The first kappa shape index (κ1) is 11.5. The minimum absolute atomic E-state index is 0.0197. The van der Waals surface area contributed by atoms with E-state index in [0.717, 1.165) is 12.8 Å². The van der Waals surface area contributed by atoms with Crippen LogP contribution in [0.2, 0.25) is 0 Å². The van der Waals surface area contributed by atoms with E-state index in [1.165, 1.54) is 0 Å². The molecule has 3 N–H and O–H groups in total. The van der Waals surface area contributed by atoms with Crippen molar-refractivity contribution < 1.29 is 4.79 Å². The quantitative estimate of drug-likeness (QED) is 0.715. The average Bonchev–Trinajstić information content (AvgIpc) is 2.80. The summed E-state index contributed by atoms with van der Waals surface area (Å²) in [6.45, 7) is 9.37. The van der Waals surface area contributed by atoms with Gasteiger partial charge in [-0.2, -0.15) is 0 Å². The van der Waals surface area contributed by atoms with Crippen molar-refractivity contribution in [2.45, 2.75) is 46.1 Å². The zero-order chi connectivity index (χ0) is 11.0. The van der Waals surface area contributed by atoms with Crippen LogP contribution in [0.3, 0.4) is 0 Å². The molecule has 1 amide bonds. The number of amides is 1. The number of carbonyl (C=O) groups is 1. The molecule has 0 aromatic rings. The minimum atomic E-state index is -0.535. The standard InChI is InChI=1S/C11H22N2O/c1-8(2)10(3,4)7-13-9(14)11(12)5-6-11/h8H,5-7,12H2,1-4H3,(H,13,14). The number of hydrogen-bond donors (Lipinski definition) is 2. The highest BCUT2D eigenvalue weighted by Gasteiger charge is 2.46. The number of nitrogens with two attached hydrogens (primary N) is 1. The molecule has 0 aromatic carbocycles. The predicted molar refractivity (Wildman–Crippen MR) is 57.8 cm³/mol. The van der Waals surface area contributed by atoms with E-state index in [1.54, 1.807) is 0 Å². The number of hydrogen-bond acceptors (Lipinski definition) is 2. The first-order valence-corrected chi connectivity index (χ1v) is 5.35. The second kappa shape index (κ2) is 3.54. The second-order valence-electron chi connectivity index (χ2n) is 5.48. The molecule has 1 aliphatic rings. The van der Waals surface area contributed by atoms with E-state index in [4.69, 9.17) is 5.73 Å². The van der Waals surface area contributed by atoms with Gasteiger partial charge in [-0.25, -0.2) is 0 Å². The minimum Gasteiger partial charge on any atom is -0.354 e. The fourth-order valence-electron chi connectivity index (χ4n) is 1.05. The van der Waals surface area contributed by atoms with E-state index in [1.807, 2.05) is 0 Å². The van der Waals surface area contributed by atoms with Crippen LogP contribution >= 0.6 is 0 Å². The number of carbonyl (C=O) groups excluding carboxylic acids is 1. The molecule has 3 nitrogen and oxygen atoms in total. The summed E-state index contributed by atoms with van der Waals surface area (Å²) < 4.78 is 0. The Morgan fingerprint density at radius 1 is 1.50 bits per heavy atom. The first-order valence-electron chi connectivity index (χ1n) is 5.35. The van der Waals surface area contributed by atoms with Crippen LogP contribution in [0, 0.1) is 11.3 Å². The van der Waals surface area contributed by atoms with Crippen molar-refractivity contribution in [3.63, 3.8) is 0 Å². The van der Waals surface area contributed by atoms with Gasteiger partial charge in [0, 0.05) is 6.54 Å². The fraction of sp³-hybridized carbons (Fsp3) is 0.909. The maximum absolute atomic E-state index is 11.6. The third-order valence-electron chi connectivity index (χ3n) is 3.51. The summed E-state index contributed by atoms with van der Waals surface area (Å²) >= 11 is 0. The zero-order valence-corrected chi connectivity index (χ0v) is 9.68. The lowest BCUT2D eigenvalue weighted by Gasteiger charge is -2.29. The molecule has 0 heterocycles. The maximum atomic E-state index is 11.6. The van der Waals surface area contributed by atoms with Crippen LogP contribution in [0.15, 0.2) is 0 Å². The maximum Gasteiger partial charge on any atom is 0.240 e. The van der Waals surface area contributed by atoms with E-state index in [2.05, 4.69) is 33.0 Å². The largest absolute Gasteiger partial charge is 0.354 e. The lowest BCUT2D eigenvalue weighted by molar-refractivity contribution is -0.123. The van der Waals surface area contributed by atoms with E-state index < -0.39 is 5.54 Å². The van der Waals surface area contributed by atoms with Gasteiger partial charge in [0.25, 0.3) is 0 Å². The molecule has 3 heteroatoms. The van der Waals surface area contributed by atoms with Crippen LogP contribution in [0.4, 0.5) is 0 Å². The summed E-state index contributed by atoms with van der Waals surface area (Å²) in [7, 11) is 0. The van der Waals surface area contributed by atoms with E-state index >= 15 is 0 Å². The Bertz CT molecular complexity index is 229. The molecule has 0 atom stereocenters. The van der Waals surface area contributed by atoms with E-state index in [9.17, 15) is 4.79 Å². The van der Waals surface area contributed by atoms with Crippen LogP contribution < -0.4 is 11.1 Å². The second-order valence-corrected chi connectivity index (χ2v) is 5.48. The van der Waals surface area contributed by atoms with Gasteiger partial charge in [-0.3, -0.25) is 4.79 Å². The van der Waals surface area contributed by atoms with Gasteiger partial charge in [0.15, 0.2) is 0 Å². The Kier molecular flexibility index (Phi) is 2.91. The highest BCUT2D eigenvalue weighted by Crippen LogP contribution is 2.32. The monoisotopic (exact) mass is 198 g/mol. The molecular weight excluding hydrogens is 176 g/mol. The molecular formula is C11H22N2O. The van der Waals surface area contributed by atoms with Gasteiger partial charge >= 0.3 is 0 Å². The van der Waals surface area contributed by atoms with Gasteiger partial charge in [-0.15, -0.1) is 0 Å². The van der Waals surface area contributed by atoms with E-state index in [-0.39, 0.29) is 11.3 Å². The lowest BCUT2D eigenvalue weighted by atomic mass is 9.81. The molecule has 0 unspecified atom stereocenters. The topological polar surface area (TPSA) is 55.1 Å². The molecule has 1 aliphatic carbocycles. The van der Waals surface area contributed by atoms with Crippen molar-refractivity contribution in [3.8, 4) is 0 Å². The molecule has 0 spiro atoms. The number of rotatable bonds is 4. The molecule has 0 bridgehead atoms. The summed E-state index contributed by atoms with van der Waals surface area (Å²) in [5.41, 5.74) is 5.39. The third-order valence-corrected chi connectivity index (χ3v) is 3.51. The Labute approximate surface area is 86.4 Å². The number of nitrogens with one attached hydrogen (secondary N) is 1. The van der Waals surface area contributed by atoms with Gasteiger partial charge < -0.3 is 11.1 Å². The summed E-state index contributed by atoms with van der Waals surface area (Å²) in [5, 5.41) is 2.94. The summed E-state index contributed by atoms with van der Waals surface area (Å²) in [6.07, 6.45) is 1.67. The van der Waals surface area contributed by atoms with Gasteiger partial charge in [0.05, 0.1) is 5.54 Å². The SMILES string of the molecule is CC(C)C(C)(C)CNC(=O)C1(N)CC1. The molecule has 1 rings (SSSR count). The first-order chi connectivity index (χ1) is 6.28. The zero-order valence-electron chi connectivity index (χ0n) is 9.68. The normalized spacial score (nSPS) is 19.6. The van der Waals surface area contributed by atoms with Crippen molar-refractivity contribution in [3.05, 3.63) is 0 Å². The van der Waals surface area contributed by atoms with Crippen molar-refractivity contribution in [2.24, 2.45) is 17.1 Å². The molecule has 0 radical (unpaired) electrons. The van der Waals surface area contributed by atoms with Gasteiger partial charge in [-0.05, 0) is 24.2 Å². The van der Waals surface area contributed by atoms with Crippen molar-refractivity contribution >= 4 is 5.91 Å². The molecule has 0 saturated heterocycles. The summed E-state index contributed by atoms with van der Waals surface area (Å²) in [4.78, 5) is 11.6. The van der Waals surface area contributed by atoms with Crippen LogP contribution in [-0.2, 0) is 4.79 Å². The third kappa shape index (κ3) is 2.47. The van der Waals surface area contributed by atoms with E-state index in [0.29, 0.717) is 12.5 Å². The highest BCUT2D eigenvalue weighted by molar-refractivity contribution is 5.88. The van der Waals surface area contributed by atoms with Crippen molar-refractivity contribution in [1.29, 1.82) is 0 Å². The molecule has 0 aliphatic heterocycles. The molecule has 82 valence electrons. The molecule has 1 fully saturated rings. The molecule has 14 heavy (non-hydrogen) atoms. The van der Waals surface area contributed by atoms with Gasteiger partial charge in [-0.1, -0.05) is 27.7 Å². The van der Waals surface area contributed by atoms with Crippen LogP contribution in [-0.4, -0.2) is 18.0 Å². The van der Waals surface area contributed by atoms with Crippen molar-refractivity contribution in [2.75, 3.05) is 6.54 Å². The lowest BCUT2D eigenvalue weighted by Crippen LogP contribution is -2.46. The van der Waals surface area contributed by atoms with Gasteiger partial charge in [0.2, 0.25) is 5.91 Å². The van der Waals surface area contributed by atoms with Crippen LogP contribution in [0.25, 0.3) is 0 Å². The fourth-order valence-corrected chi connectivity index (χ4v) is 1.05. The molecule has 1 saturated carbocycles. The van der Waals surface area contributed by atoms with Crippen LogP contribution in [0.1, 0.15) is 40.5 Å². The smallest absolute Gasteiger partial charge is 0.240 e. The predicted octanol–water partition coefficient (Wildman–Crippen LogP) is 1.28. The Morgan fingerprint density at radius 3 is 2.36 bits per heavy atom. The Hall–Kier alpha value is -0.570. The van der Waals surface area contributed by atoms with Crippen molar-refractivity contribution in [1.82, 2.24) is 5.32 Å². The summed E-state index contributed by atoms with van der Waals surface area (Å²) in [5.74, 6) is 0.571. The average molecular weight is 198 g/mol. The Balaban J connectivity index is 2.37. The van der Waals surface area contributed by atoms with Gasteiger partial charge in [0.1, 0.15) is 0 Å².